The average Bonchev–Trinajstić information content (AvgIpc) is 2.49. The summed E-state index contributed by atoms with van der Waals surface area (Å²) in [5, 5.41) is 1.20. The van der Waals surface area contributed by atoms with E-state index in [4.69, 9.17) is 27.9 Å². The van der Waals surface area contributed by atoms with E-state index in [9.17, 15) is 0 Å². The summed E-state index contributed by atoms with van der Waals surface area (Å²) in [5.41, 5.74) is 3.81. The highest BCUT2D eigenvalue weighted by molar-refractivity contribution is 6.42. The Balaban J connectivity index is 1.86. The van der Waals surface area contributed by atoms with E-state index in [0.717, 1.165) is 30.9 Å². The maximum atomic E-state index is 6.10. The van der Waals surface area contributed by atoms with Gasteiger partial charge in [-0.3, -0.25) is 0 Å². The van der Waals surface area contributed by atoms with E-state index < -0.39 is 0 Å². The Kier molecular flexibility index (Phi) is 3.77. The molecule has 0 atom stereocenters. The Hall–Kier alpha value is -1.38. The van der Waals surface area contributed by atoms with E-state index >= 15 is 0 Å². The molecule has 2 aromatic carbocycles. The van der Waals surface area contributed by atoms with Crippen LogP contribution in [-0.4, -0.2) is 13.7 Å². The molecule has 4 heteroatoms. The molecule has 1 aliphatic rings. The third kappa shape index (κ3) is 2.58. The number of hydrogen-bond acceptors (Lipinski definition) is 2. The van der Waals surface area contributed by atoms with Crippen LogP contribution in [0.2, 0.25) is 10.0 Å². The lowest BCUT2D eigenvalue weighted by molar-refractivity contribution is 0.414. The fraction of sp³-hybridized carbons (Fsp3) is 0.250. The minimum atomic E-state index is 0.595. The maximum Gasteiger partial charge on any atom is 0.119 e. The zero-order valence-corrected chi connectivity index (χ0v) is 12.7. The first-order chi connectivity index (χ1) is 9.67. The number of rotatable bonds is 2. The molecule has 0 saturated carbocycles. The molecule has 0 aromatic heterocycles. The molecule has 3 rings (SSSR count). The molecule has 2 nitrogen and oxygen atoms in total. The van der Waals surface area contributed by atoms with Crippen LogP contribution in [0.15, 0.2) is 36.4 Å². The zero-order valence-electron chi connectivity index (χ0n) is 11.2. The van der Waals surface area contributed by atoms with Gasteiger partial charge in [-0.2, -0.15) is 0 Å². The van der Waals surface area contributed by atoms with Gasteiger partial charge in [0.2, 0.25) is 0 Å². The summed E-state index contributed by atoms with van der Waals surface area (Å²) in [6.45, 7) is 1.86. The normalized spacial score (nSPS) is 14.1. The predicted molar refractivity (Wildman–Crippen MR) is 84.2 cm³/mol. The maximum absolute atomic E-state index is 6.10. The highest BCUT2D eigenvalue weighted by Crippen LogP contribution is 2.31. The smallest absolute Gasteiger partial charge is 0.119 e. The van der Waals surface area contributed by atoms with Crippen LogP contribution in [0.1, 0.15) is 11.1 Å². The van der Waals surface area contributed by atoms with Crippen molar-refractivity contribution in [1.82, 2.24) is 0 Å². The predicted octanol–water partition coefficient (Wildman–Crippen LogP) is 4.56. The van der Waals surface area contributed by atoms with Crippen molar-refractivity contribution < 1.29 is 4.74 Å². The molecular formula is C16H15Cl2NO. The van der Waals surface area contributed by atoms with Gasteiger partial charge in [0, 0.05) is 18.8 Å². The summed E-state index contributed by atoms with van der Waals surface area (Å²) in [5.74, 6) is 0.923. The summed E-state index contributed by atoms with van der Waals surface area (Å²) in [6, 6.07) is 12.1. The largest absolute Gasteiger partial charge is 0.497 e. The first-order valence-electron chi connectivity index (χ1n) is 6.53. The molecule has 0 aliphatic carbocycles. The molecule has 1 heterocycles. The van der Waals surface area contributed by atoms with Crippen molar-refractivity contribution in [3.05, 3.63) is 57.6 Å². The van der Waals surface area contributed by atoms with E-state index in [-0.39, 0.29) is 0 Å². The highest BCUT2D eigenvalue weighted by Gasteiger charge is 2.17. The molecule has 0 N–H and O–H groups in total. The molecule has 0 bridgehead atoms. The molecular weight excluding hydrogens is 293 g/mol. The van der Waals surface area contributed by atoms with Gasteiger partial charge in [-0.1, -0.05) is 29.3 Å². The van der Waals surface area contributed by atoms with Crippen LogP contribution in [0.5, 0.6) is 5.75 Å². The molecule has 0 unspecified atom stereocenters. The van der Waals surface area contributed by atoms with Crippen molar-refractivity contribution in [2.45, 2.75) is 13.0 Å². The van der Waals surface area contributed by atoms with E-state index in [1.807, 2.05) is 24.3 Å². The van der Waals surface area contributed by atoms with Gasteiger partial charge in [-0.15, -0.1) is 0 Å². The second kappa shape index (κ2) is 5.55. The standard InChI is InChI=1S/C16H15Cl2NO/c1-20-14-4-2-12-10-19(7-6-11(12)8-14)13-3-5-15(17)16(18)9-13/h2-5,8-9H,6-7,10H2,1H3. The first-order valence-corrected chi connectivity index (χ1v) is 7.29. The van der Waals surface area contributed by atoms with E-state index in [1.165, 1.54) is 11.1 Å². The Labute approximate surface area is 128 Å². The van der Waals surface area contributed by atoms with Gasteiger partial charge in [0.15, 0.2) is 0 Å². The Morgan fingerprint density at radius 3 is 2.60 bits per heavy atom. The topological polar surface area (TPSA) is 12.5 Å². The fourth-order valence-corrected chi connectivity index (χ4v) is 2.85. The Morgan fingerprint density at radius 2 is 1.85 bits per heavy atom. The number of benzene rings is 2. The number of nitrogens with zero attached hydrogens (tertiary/aromatic N) is 1. The molecule has 104 valence electrons. The molecule has 1 aliphatic heterocycles. The van der Waals surface area contributed by atoms with Gasteiger partial charge in [0.1, 0.15) is 5.75 Å². The monoisotopic (exact) mass is 307 g/mol. The van der Waals surface area contributed by atoms with Crippen LogP contribution >= 0.6 is 23.2 Å². The number of hydrogen-bond donors (Lipinski definition) is 0. The van der Waals surface area contributed by atoms with Crippen LogP contribution in [0.25, 0.3) is 0 Å². The highest BCUT2D eigenvalue weighted by atomic mass is 35.5. The van der Waals surface area contributed by atoms with Gasteiger partial charge >= 0.3 is 0 Å². The summed E-state index contributed by atoms with van der Waals surface area (Å²) in [4.78, 5) is 2.32. The third-order valence-electron chi connectivity index (χ3n) is 3.69. The number of methoxy groups -OCH3 is 1. The quantitative estimate of drug-likeness (QED) is 0.806. The lowest BCUT2D eigenvalue weighted by atomic mass is 9.99. The molecule has 0 radical (unpaired) electrons. The summed E-state index contributed by atoms with van der Waals surface area (Å²) >= 11 is 12.1. The SMILES string of the molecule is COc1ccc2c(c1)CCN(c1ccc(Cl)c(Cl)c1)C2. The van der Waals surface area contributed by atoms with Crippen molar-refractivity contribution in [2.24, 2.45) is 0 Å². The van der Waals surface area contributed by atoms with E-state index in [1.54, 1.807) is 7.11 Å². The van der Waals surface area contributed by atoms with Crippen LogP contribution in [0.4, 0.5) is 5.69 Å². The molecule has 0 amide bonds. The molecule has 2 aromatic rings. The van der Waals surface area contributed by atoms with Gasteiger partial charge in [0.25, 0.3) is 0 Å². The summed E-state index contributed by atoms with van der Waals surface area (Å²) in [7, 11) is 1.70. The number of fused-ring (bicyclic) bond motifs is 1. The second-order valence-electron chi connectivity index (χ2n) is 4.90. The third-order valence-corrected chi connectivity index (χ3v) is 4.43. The van der Waals surface area contributed by atoms with Gasteiger partial charge in [0.05, 0.1) is 17.2 Å². The summed E-state index contributed by atoms with van der Waals surface area (Å²) in [6.07, 6.45) is 1.01. The number of ether oxygens (including phenoxy) is 1. The Bertz CT molecular complexity index is 642. The van der Waals surface area contributed by atoms with Crippen LogP contribution in [0, 0.1) is 0 Å². The first kappa shape index (κ1) is 13.6. The minimum Gasteiger partial charge on any atom is -0.497 e. The lowest BCUT2D eigenvalue weighted by Gasteiger charge is -2.31. The molecule has 0 fully saturated rings. The number of anilines is 1. The molecule has 20 heavy (non-hydrogen) atoms. The molecule has 0 spiro atoms. The van der Waals surface area contributed by atoms with Crippen LogP contribution in [-0.2, 0) is 13.0 Å². The fourth-order valence-electron chi connectivity index (χ4n) is 2.56. The van der Waals surface area contributed by atoms with E-state index in [0.29, 0.717) is 10.0 Å². The number of halogens is 2. The Morgan fingerprint density at radius 1 is 1.00 bits per heavy atom. The second-order valence-corrected chi connectivity index (χ2v) is 5.72. The molecule has 0 saturated heterocycles. The van der Waals surface area contributed by atoms with Gasteiger partial charge in [-0.05, 0) is 47.9 Å². The van der Waals surface area contributed by atoms with E-state index in [2.05, 4.69) is 17.0 Å². The van der Waals surface area contributed by atoms with Crippen molar-refractivity contribution in [3.63, 3.8) is 0 Å². The summed E-state index contributed by atoms with van der Waals surface area (Å²) < 4.78 is 5.27. The van der Waals surface area contributed by atoms with Crippen LogP contribution in [0.3, 0.4) is 0 Å². The lowest BCUT2D eigenvalue weighted by Crippen LogP contribution is -2.30. The van der Waals surface area contributed by atoms with Gasteiger partial charge in [-0.25, -0.2) is 0 Å². The zero-order chi connectivity index (χ0) is 14.1. The van der Waals surface area contributed by atoms with Crippen molar-refractivity contribution >= 4 is 28.9 Å². The van der Waals surface area contributed by atoms with Crippen molar-refractivity contribution in [1.29, 1.82) is 0 Å². The van der Waals surface area contributed by atoms with Gasteiger partial charge < -0.3 is 9.64 Å². The van der Waals surface area contributed by atoms with Crippen molar-refractivity contribution in [3.8, 4) is 5.75 Å². The average molecular weight is 308 g/mol. The minimum absolute atomic E-state index is 0.595. The van der Waals surface area contributed by atoms with Crippen LogP contribution < -0.4 is 9.64 Å². The van der Waals surface area contributed by atoms with Crippen molar-refractivity contribution in [2.75, 3.05) is 18.6 Å².